The maximum absolute atomic E-state index is 12.0. The molecular formula is C19H14N2O3. The van der Waals surface area contributed by atoms with Gasteiger partial charge in [0.1, 0.15) is 12.4 Å². The molecule has 0 aliphatic rings. The SMILES string of the molecule is N#Cc1ccccc1COc1cccc(NC(=O)c2ccco2)c1. The Labute approximate surface area is 139 Å². The van der Waals surface area contributed by atoms with Crippen molar-refractivity contribution in [1.29, 1.82) is 5.26 Å². The van der Waals surface area contributed by atoms with Gasteiger partial charge in [0.05, 0.1) is 17.9 Å². The highest BCUT2D eigenvalue weighted by molar-refractivity contribution is 6.02. The molecule has 1 N–H and O–H groups in total. The van der Waals surface area contributed by atoms with E-state index in [1.54, 1.807) is 42.5 Å². The van der Waals surface area contributed by atoms with Crippen LogP contribution in [0.4, 0.5) is 5.69 Å². The van der Waals surface area contributed by atoms with Gasteiger partial charge in [0, 0.05) is 17.3 Å². The molecule has 0 unspecified atom stereocenters. The molecule has 0 spiro atoms. The summed E-state index contributed by atoms with van der Waals surface area (Å²) in [7, 11) is 0. The molecule has 1 amide bonds. The summed E-state index contributed by atoms with van der Waals surface area (Å²) in [5.41, 5.74) is 1.99. The van der Waals surface area contributed by atoms with Crippen molar-refractivity contribution in [3.63, 3.8) is 0 Å². The number of furan rings is 1. The first kappa shape index (κ1) is 15.4. The fourth-order valence-electron chi connectivity index (χ4n) is 2.18. The first-order valence-electron chi connectivity index (χ1n) is 7.32. The van der Waals surface area contributed by atoms with Crippen molar-refractivity contribution in [2.75, 3.05) is 5.32 Å². The topological polar surface area (TPSA) is 75.3 Å². The van der Waals surface area contributed by atoms with E-state index < -0.39 is 0 Å². The molecule has 0 aliphatic heterocycles. The van der Waals surface area contributed by atoms with Crippen LogP contribution in [0.2, 0.25) is 0 Å². The normalized spacial score (nSPS) is 9.96. The minimum Gasteiger partial charge on any atom is -0.489 e. The van der Waals surface area contributed by atoms with E-state index in [9.17, 15) is 4.79 Å². The predicted octanol–water partition coefficient (Wildman–Crippen LogP) is 3.98. The van der Waals surface area contributed by atoms with Gasteiger partial charge in [-0.25, -0.2) is 0 Å². The Bertz CT molecular complexity index is 880. The van der Waals surface area contributed by atoms with Crippen molar-refractivity contribution in [1.82, 2.24) is 0 Å². The molecule has 0 radical (unpaired) electrons. The predicted molar refractivity (Wildman–Crippen MR) is 88.6 cm³/mol. The molecule has 24 heavy (non-hydrogen) atoms. The van der Waals surface area contributed by atoms with Crippen molar-refractivity contribution in [2.24, 2.45) is 0 Å². The number of nitrogens with one attached hydrogen (secondary N) is 1. The van der Waals surface area contributed by atoms with E-state index in [4.69, 9.17) is 14.4 Å². The molecule has 0 atom stereocenters. The summed E-state index contributed by atoms with van der Waals surface area (Å²) in [6.45, 7) is 0.277. The second-order valence-corrected chi connectivity index (χ2v) is 5.02. The summed E-state index contributed by atoms with van der Waals surface area (Å²) in [6.07, 6.45) is 1.45. The molecule has 0 saturated heterocycles. The lowest BCUT2D eigenvalue weighted by Crippen LogP contribution is -2.10. The molecule has 1 aromatic heterocycles. The third-order valence-corrected chi connectivity index (χ3v) is 3.37. The van der Waals surface area contributed by atoms with Crippen LogP contribution in [-0.2, 0) is 6.61 Å². The van der Waals surface area contributed by atoms with Crippen LogP contribution in [-0.4, -0.2) is 5.91 Å². The van der Waals surface area contributed by atoms with Crippen LogP contribution in [0, 0.1) is 11.3 Å². The Morgan fingerprint density at radius 2 is 2.00 bits per heavy atom. The van der Waals surface area contributed by atoms with Gasteiger partial charge in [-0.3, -0.25) is 4.79 Å². The molecule has 118 valence electrons. The van der Waals surface area contributed by atoms with Gasteiger partial charge < -0.3 is 14.5 Å². The highest BCUT2D eigenvalue weighted by atomic mass is 16.5. The monoisotopic (exact) mass is 318 g/mol. The van der Waals surface area contributed by atoms with Crippen molar-refractivity contribution >= 4 is 11.6 Å². The van der Waals surface area contributed by atoms with Gasteiger partial charge in [-0.1, -0.05) is 24.3 Å². The lowest BCUT2D eigenvalue weighted by Gasteiger charge is -2.09. The summed E-state index contributed by atoms with van der Waals surface area (Å²) in [6, 6.07) is 19.7. The minimum atomic E-state index is -0.327. The average molecular weight is 318 g/mol. The molecule has 5 heteroatoms. The number of amides is 1. The Balaban J connectivity index is 1.67. The number of carbonyl (C=O) groups is 1. The van der Waals surface area contributed by atoms with E-state index in [0.29, 0.717) is 17.0 Å². The molecule has 0 aliphatic carbocycles. The number of benzene rings is 2. The van der Waals surface area contributed by atoms with Gasteiger partial charge >= 0.3 is 0 Å². The van der Waals surface area contributed by atoms with E-state index in [0.717, 1.165) is 5.56 Å². The quantitative estimate of drug-likeness (QED) is 0.772. The van der Waals surface area contributed by atoms with Crippen LogP contribution >= 0.6 is 0 Å². The van der Waals surface area contributed by atoms with Crippen LogP contribution in [0.5, 0.6) is 5.75 Å². The molecule has 0 bridgehead atoms. The Morgan fingerprint density at radius 1 is 1.12 bits per heavy atom. The zero-order valence-electron chi connectivity index (χ0n) is 12.7. The highest BCUT2D eigenvalue weighted by Gasteiger charge is 2.09. The second kappa shape index (κ2) is 7.16. The number of nitrogens with zero attached hydrogens (tertiary/aromatic N) is 1. The Kier molecular flexibility index (Phi) is 4.59. The number of hydrogen-bond donors (Lipinski definition) is 1. The largest absolute Gasteiger partial charge is 0.489 e. The number of rotatable bonds is 5. The molecule has 1 heterocycles. The molecule has 3 aromatic rings. The number of nitriles is 1. The zero-order valence-corrected chi connectivity index (χ0v) is 12.7. The van der Waals surface area contributed by atoms with Crippen LogP contribution in [0.3, 0.4) is 0 Å². The van der Waals surface area contributed by atoms with Crippen LogP contribution in [0.1, 0.15) is 21.7 Å². The summed E-state index contributed by atoms with van der Waals surface area (Å²) in [5.74, 6) is 0.510. The van der Waals surface area contributed by atoms with Crippen LogP contribution in [0.15, 0.2) is 71.3 Å². The van der Waals surface area contributed by atoms with Gasteiger partial charge in [-0.05, 0) is 30.3 Å². The lowest BCUT2D eigenvalue weighted by atomic mass is 10.1. The summed E-state index contributed by atoms with van der Waals surface area (Å²) >= 11 is 0. The number of ether oxygens (including phenoxy) is 1. The Hall–Kier alpha value is -3.52. The first-order chi connectivity index (χ1) is 11.8. The average Bonchev–Trinajstić information content (AvgIpc) is 3.15. The van der Waals surface area contributed by atoms with E-state index >= 15 is 0 Å². The fourth-order valence-corrected chi connectivity index (χ4v) is 2.18. The van der Waals surface area contributed by atoms with E-state index in [1.165, 1.54) is 6.26 Å². The first-order valence-corrected chi connectivity index (χ1v) is 7.32. The Morgan fingerprint density at radius 3 is 2.79 bits per heavy atom. The summed E-state index contributed by atoms with van der Waals surface area (Å²) < 4.78 is 10.8. The van der Waals surface area contributed by atoms with Crippen molar-refractivity contribution < 1.29 is 13.9 Å². The third kappa shape index (κ3) is 3.62. The molecule has 0 saturated carbocycles. The molecule has 3 rings (SSSR count). The van der Waals surface area contributed by atoms with E-state index in [1.807, 2.05) is 18.2 Å². The van der Waals surface area contributed by atoms with Gasteiger partial charge in [0.15, 0.2) is 5.76 Å². The highest BCUT2D eigenvalue weighted by Crippen LogP contribution is 2.20. The van der Waals surface area contributed by atoms with Gasteiger partial charge in [0.25, 0.3) is 5.91 Å². The third-order valence-electron chi connectivity index (χ3n) is 3.37. The van der Waals surface area contributed by atoms with Crippen LogP contribution < -0.4 is 10.1 Å². The van der Waals surface area contributed by atoms with Gasteiger partial charge in [0.2, 0.25) is 0 Å². The number of anilines is 1. The minimum absolute atomic E-state index is 0.240. The molecule has 2 aromatic carbocycles. The standard InChI is InChI=1S/C19H14N2O3/c20-12-14-5-1-2-6-15(14)13-24-17-8-3-7-16(11-17)21-19(22)18-9-4-10-23-18/h1-11H,13H2,(H,21,22). The van der Waals surface area contributed by atoms with Crippen molar-refractivity contribution in [3.8, 4) is 11.8 Å². The second-order valence-electron chi connectivity index (χ2n) is 5.02. The van der Waals surface area contributed by atoms with Gasteiger partial charge in [-0.15, -0.1) is 0 Å². The van der Waals surface area contributed by atoms with Crippen LogP contribution in [0.25, 0.3) is 0 Å². The number of carbonyl (C=O) groups excluding carboxylic acids is 1. The summed E-state index contributed by atoms with van der Waals surface area (Å²) in [4.78, 5) is 12.0. The number of hydrogen-bond acceptors (Lipinski definition) is 4. The van der Waals surface area contributed by atoms with E-state index in [2.05, 4.69) is 11.4 Å². The summed E-state index contributed by atoms with van der Waals surface area (Å²) in [5, 5.41) is 11.8. The maximum atomic E-state index is 12.0. The smallest absolute Gasteiger partial charge is 0.291 e. The fraction of sp³-hybridized carbons (Fsp3) is 0.0526. The molecular weight excluding hydrogens is 304 g/mol. The maximum Gasteiger partial charge on any atom is 0.291 e. The lowest BCUT2D eigenvalue weighted by molar-refractivity contribution is 0.0996. The van der Waals surface area contributed by atoms with E-state index in [-0.39, 0.29) is 18.3 Å². The van der Waals surface area contributed by atoms with Crippen molar-refractivity contribution in [2.45, 2.75) is 6.61 Å². The van der Waals surface area contributed by atoms with Crippen molar-refractivity contribution in [3.05, 3.63) is 83.8 Å². The van der Waals surface area contributed by atoms with Gasteiger partial charge in [-0.2, -0.15) is 5.26 Å². The zero-order chi connectivity index (χ0) is 16.8. The molecule has 0 fully saturated rings. The molecule has 5 nitrogen and oxygen atoms in total.